The Balaban J connectivity index is 2.32. The summed E-state index contributed by atoms with van der Waals surface area (Å²) in [5, 5.41) is 7.68. The van der Waals surface area contributed by atoms with Gasteiger partial charge in [-0.1, -0.05) is 13.3 Å². The molecule has 0 bridgehead atoms. The smallest absolute Gasteiger partial charge is 0.0597 e. The van der Waals surface area contributed by atoms with E-state index in [4.69, 9.17) is 0 Å². The molecule has 0 aliphatic heterocycles. The highest BCUT2D eigenvalue weighted by molar-refractivity contribution is 5.07. The lowest BCUT2D eigenvalue weighted by atomic mass is 10.3. The Bertz CT molecular complexity index is 253. The van der Waals surface area contributed by atoms with Crippen LogP contribution in [-0.4, -0.2) is 16.3 Å². The maximum atomic E-state index is 4.29. The Morgan fingerprint density at radius 1 is 1.54 bits per heavy atom. The highest BCUT2D eigenvalue weighted by Crippen LogP contribution is 2.00. The molecule has 13 heavy (non-hydrogen) atoms. The first kappa shape index (κ1) is 10.3. The minimum absolute atomic E-state index is 0.928. The average molecular weight is 181 g/mol. The van der Waals surface area contributed by atoms with Crippen LogP contribution >= 0.6 is 0 Å². The monoisotopic (exact) mass is 181 g/mol. The van der Waals surface area contributed by atoms with E-state index in [2.05, 4.69) is 23.4 Å². The molecule has 1 heterocycles. The van der Waals surface area contributed by atoms with E-state index in [1.54, 1.807) is 0 Å². The van der Waals surface area contributed by atoms with Crippen LogP contribution in [0.25, 0.3) is 0 Å². The number of unbranched alkanes of at least 4 members (excludes halogenated alkanes) is 1. The van der Waals surface area contributed by atoms with Crippen LogP contribution in [0.3, 0.4) is 0 Å². The molecule has 1 aromatic heterocycles. The lowest BCUT2D eigenvalue weighted by Crippen LogP contribution is -2.16. The molecule has 1 N–H and O–H groups in total. The van der Waals surface area contributed by atoms with E-state index < -0.39 is 0 Å². The zero-order chi connectivity index (χ0) is 9.68. The standard InChI is InChI=1S/C10H19N3/c1-4-5-6-11-8-10-7-9(2)12-13(10)3/h7,11H,4-6,8H2,1-3H3. The molecule has 1 rings (SSSR count). The minimum atomic E-state index is 0.928. The number of aromatic nitrogens is 2. The molecule has 0 aliphatic carbocycles. The van der Waals surface area contributed by atoms with Gasteiger partial charge in [-0.05, 0) is 26.0 Å². The summed E-state index contributed by atoms with van der Waals surface area (Å²) >= 11 is 0. The Kier molecular flexibility index (Phi) is 3.96. The zero-order valence-corrected chi connectivity index (χ0v) is 8.80. The second-order valence-electron chi connectivity index (χ2n) is 3.43. The van der Waals surface area contributed by atoms with E-state index in [0.29, 0.717) is 0 Å². The second kappa shape index (κ2) is 5.02. The molecule has 0 radical (unpaired) electrons. The van der Waals surface area contributed by atoms with Gasteiger partial charge in [0.05, 0.1) is 11.4 Å². The third-order valence-electron chi connectivity index (χ3n) is 2.11. The van der Waals surface area contributed by atoms with Crippen molar-refractivity contribution >= 4 is 0 Å². The van der Waals surface area contributed by atoms with Crippen LogP contribution in [0.1, 0.15) is 31.2 Å². The molecule has 0 aromatic carbocycles. The lowest BCUT2D eigenvalue weighted by Gasteiger charge is -2.03. The minimum Gasteiger partial charge on any atom is -0.311 e. The van der Waals surface area contributed by atoms with Gasteiger partial charge in [-0.3, -0.25) is 4.68 Å². The van der Waals surface area contributed by atoms with Crippen LogP contribution in [0, 0.1) is 6.92 Å². The Morgan fingerprint density at radius 2 is 2.31 bits per heavy atom. The van der Waals surface area contributed by atoms with E-state index in [-0.39, 0.29) is 0 Å². The molecular formula is C10H19N3. The summed E-state index contributed by atoms with van der Waals surface area (Å²) in [5.74, 6) is 0. The molecular weight excluding hydrogens is 162 g/mol. The predicted molar refractivity (Wildman–Crippen MR) is 54.6 cm³/mol. The van der Waals surface area contributed by atoms with Gasteiger partial charge in [0.2, 0.25) is 0 Å². The Hall–Kier alpha value is -0.830. The largest absolute Gasteiger partial charge is 0.311 e. The molecule has 0 spiro atoms. The van der Waals surface area contributed by atoms with Crippen molar-refractivity contribution in [2.24, 2.45) is 7.05 Å². The number of nitrogens with zero attached hydrogens (tertiary/aromatic N) is 2. The summed E-state index contributed by atoms with van der Waals surface area (Å²) in [5.41, 5.74) is 2.35. The summed E-state index contributed by atoms with van der Waals surface area (Å²) in [4.78, 5) is 0. The van der Waals surface area contributed by atoms with Gasteiger partial charge in [0.25, 0.3) is 0 Å². The maximum Gasteiger partial charge on any atom is 0.0597 e. The van der Waals surface area contributed by atoms with Gasteiger partial charge in [0, 0.05) is 13.6 Å². The number of nitrogens with one attached hydrogen (secondary N) is 1. The summed E-state index contributed by atoms with van der Waals surface area (Å²) in [7, 11) is 1.99. The number of aryl methyl sites for hydroxylation is 2. The third kappa shape index (κ3) is 3.19. The van der Waals surface area contributed by atoms with Crippen LogP contribution in [0.15, 0.2) is 6.07 Å². The molecule has 0 saturated carbocycles. The van der Waals surface area contributed by atoms with Crippen LogP contribution in [0.4, 0.5) is 0 Å². The van der Waals surface area contributed by atoms with Crippen molar-refractivity contribution in [1.29, 1.82) is 0 Å². The molecule has 0 aliphatic rings. The van der Waals surface area contributed by atoms with E-state index >= 15 is 0 Å². The van der Waals surface area contributed by atoms with Crippen molar-refractivity contribution in [1.82, 2.24) is 15.1 Å². The molecule has 0 fully saturated rings. The van der Waals surface area contributed by atoms with Gasteiger partial charge in [-0.25, -0.2) is 0 Å². The van der Waals surface area contributed by atoms with Gasteiger partial charge in [0.1, 0.15) is 0 Å². The van der Waals surface area contributed by atoms with Gasteiger partial charge < -0.3 is 5.32 Å². The van der Waals surface area contributed by atoms with Crippen LogP contribution < -0.4 is 5.32 Å². The molecule has 3 nitrogen and oxygen atoms in total. The first-order chi connectivity index (χ1) is 6.24. The number of rotatable bonds is 5. The summed E-state index contributed by atoms with van der Waals surface area (Å²) in [6.45, 7) is 6.25. The topological polar surface area (TPSA) is 29.9 Å². The maximum absolute atomic E-state index is 4.29. The molecule has 0 saturated heterocycles. The SMILES string of the molecule is CCCCNCc1cc(C)nn1C. The first-order valence-corrected chi connectivity index (χ1v) is 4.94. The van der Waals surface area contributed by atoms with Gasteiger partial charge in [-0.2, -0.15) is 5.10 Å². The zero-order valence-electron chi connectivity index (χ0n) is 8.80. The van der Waals surface area contributed by atoms with Crippen molar-refractivity contribution in [3.8, 4) is 0 Å². The molecule has 0 amide bonds. The first-order valence-electron chi connectivity index (χ1n) is 4.94. The van der Waals surface area contributed by atoms with Crippen molar-refractivity contribution in [2.45, 2.75) is 33.2 Å². The molecule has 74 valence electrons. The fraction of sp³-hybridized carbons (Fsp3) is 0.700. The van der Waals surface area contributed by atoms with Crippen LogP contribution in [-0.2, 0) is 13.6 Å². The Labute approximate surface area is 80.1 Å². The van der Waals surface area contributed by atoms with E-state index in [1.807, 2.05) is 18.7 Å². The van der Waals surface area contributed by atoms with E-state index in [9.17, 15) is 0 Å². The van der Waals surface area contributed by atoms with Gasteiger partial charge in [-0.15, -0.1) is 0 Å². The highest BCUT2D eigenvalue weighted by Gasteiger charge is 1.99. The highest BCUT2D eigenvalue weighted by atomic mass is 15.3. The summed E-state index contributed by atoms with van der Waals surface area (Å²) < 4.78 is 1.94. The fourth-order valence-electron chi connectivity index (χ4n) is 1.35. The number of hydrogen-bond donors (Lipinski definition) is 1. The summed E-state index contributed by atoms with van der Waals surface area (Å²) in [6.07, 6.45) is 2.49. The van der Waals surface area contributed by atoms with E-state index in [1.165, 1.54) is 18.5 Å². The van der Waals surface area contributed by atoms with Crippen molar-refractivity contribution in [3.63, 3.8) is 0 Å². The van der Waals surface area contributed by atoms with Crippen LogP contribution in [0.2, 0.25) is 0 Å². The lowest BCUT2D eigenvalue weighted by molar-refractivity contribution is 0.602. The van der Waals surface area contributed by atoms with Crippen molar-refractivity contribution in [2.75, 3.05) is 6.54 Å². The van der Waals surface area contributed by atoms with E-state index in [0.717, 1.165) is 18.8 Å². The molecule has 0 atom stereocenters. The van der Waals surface area contributed by atoms with Crippen molar-refractivity contribution < 1.29 is 0 Å². The van der Waals surface area contributed by atoms with Gasteiger partial charge in [0.15, 0.2) is 0 Å². The van der Waals surface area contributed by atoms with Crippen LogP contribution in [0.5, 0.6) is 0 Å². The predicted octanol–water partition coefficient (Wildman–Crippen LogP) is 1.62. The summed E-state index contributed by atoms with van der Waals surface area (Å²) in [6, 6.07) is 2.12. The molecule has 3 heteroatoms. The average Bonchev–Trinajstić information content (AvgIpc) is 2.39. The second-order valence-corrected chi connectivity index (χ2v) is 3.43. The molecule has 0 unspecified atom stereocenters. The number of hydrogen-bond acceptors (Lipinski definition) is 2. The third-order valence-corrected chi connectivity index (χ3v) is 2.11. The fourth-order valence-corrected chi connectivity index (χ4v) is 1.35. The Morgan fingerprint density at radius 3 is 2.85 bits per heavy atom. The van der Waals surface area contributed by atoms with Gasteiger partial charge >= 0.3 is 0 Å². The molecule has 1 aromatic rings. The normalized spacial score (nSPS) is 10.7. The van der Waals surface area contributed by atoms with Crippen molar-refractivity contribution in [3.05, 3.63) is 17.5 Å². The quantitative estimate of drug-likeness (QED) is 0.699.